The van der Waals surface area contributed by atoms with E-state index >= 15 is 0 Å². The van der Waals surface area contributed by atoms with Crippen LogP contribution in [0, 0.1) is 5.41 Å². The molecule has 3 rings (SSSR count). The van der Waals surface area contributed by atoms with Crippen LogP contribution in [0.1, 0.15) is 29.6 Å². The summed E-state index contributed by atoms with van der Waals surface area (Å²) in [6.45, 7) is 2.86. The van der Waals surface area contributed by atoms with Crippen molar-refractivity contribution in [1.29, 1.82) is 0 Å². The molecule has 0 aliphatic carbocycles. The van der Waals surface area contributed by atoms with Gasteiger partial charge in [0.25, 0.3) is 5.91 Å². The molecule has 2 aliphatic heterocycles. The second-order valence-corrected chi connectivity index (χ2v) is 5.90. The van der Waals surface area contributed by atoms with Gasteiger partial charge in [0.05, 0.1) is 30.7 Å². The van der Waals surface area contributed by atoms with E-state index in [4.69, 9.17) is 9.47 Å². The zero-order valence-electron chi connectivity index (χ0n) is 12.3. The Morgan fingerprint density at radius 2 is 2.48 bits per heavy atom. The lowest BCUT2D eigenvalue weighted by Gasteiger charge is -2.50. The zero-order chi connectivity index (χ0) is 14.7. The van der Waals surface area contributed by atoms with Crippen molar-refractivity contribution >= 4 is 5.91 Å². The number of amides is 1. The van der Waals surface area contributed by atoms with Crippen LogP contribution >= 0.6 is 0 Å². The second kappa shape index (κ2) is 6.07. The van der Waals surface area contributed by atoms with E-state index in [2.05, 4.69) is 10.2 Å². The molecule has 0 bridgehead atoms. The van der Waals surface area contributed by atoms with E-state index in [0.717, 1.165) is 32.4 Å². The van der Waals surface area contributed by atoms with Gasteiger partial charge in [-0.2, -0.15) is 10.2 Å². The summed E-state index contributed by atoms with van der Waals surface area (Å²) in [5, 5.41) is 7.51. The summed E-state index contributed by atoms with van der Waals surface area (Å²) in [6, 6.07) is 1.71. The predicted octanol–water partition coefficient (Wildman–Crippen LogP) is 1.13. The number of carbonyl (C=O) groups excluding carboxylic acids is 1. The molecule has 1 aromatic heterocycles. The number of rotatable bonds is 3. The quantitative estimate of drug-likeness (QED) is 0.835. The first kappa shape index (κ1) is 14.4. The van der Waals surface area contributed by atoms with Crippen LogP contribution in [0.15, 0.2) is 18.5 Å². The molecule has 0 N–H and O–H groups in total. The van der Waals surface area contributed by atoms with Crippen molar-refractivity contribution in [3.8, 4) is 0 Å². The lowest BCUT2D eigenvalue weighted by atomic mass is 9.73. The fourth-order valence-corrected chi connectivity index (χ4v) is 3.56. The van der Waals surface area contributed by atoms with Crippen molar-refractivity contribution in [1.82, 2.24) is 15.1 Å². The highest BCUT2D eigenvalue weighted by Gasteiger charge is 2.47. The highest BCUT2D eigenvalue weighted by Crippen LogP contribution is 2.40. The Balaban J connectivity index is 1.78. The van der Waals surface area contributed by atoms with Gasteiger partial charge in [-0.25, -0.2) is 0 Å². The molecule has 2 fully saturated rings. The molecule has 1 amide bonds. The van der Waals surface area contributed by atoms with Crippen LogP contribution in [0.5, 0.6) is 0 Å². The van der Waals surface area contributed by atoms with Gasteiger partial charge in [0.2, 0.25) is 0 Å². The number of likely N-dealkylation sites (tertiary alicyclic amines) is 1. The molecule has 0 aromatic carbocycles. The number of aromatic nitrogens is 2. The molecular formula is C15H21N3O3. The molecule has 0 radical (unpaired) electrons. The molecule has 6 nitrogen and oxygen atoms in total. The average molecular weight is 291 g/mol. The summed E-state index contributed by atoms with van der Waals surface area (Å²) in [7, 11) is 1.72. The van der Waals surface area contributed by atoms with E-state index in [1.807, 2.05) is 4.90 Å². The van der Waals surface area contributed by atoms with E-state index in [1.165, 1.54) is 6.20 Å². The van der Waals surface area contributed by atoms with Crippen LogP contribution in [0.2, 0.25) is 0 Å². The summed E-state index contributed by atoms with van der Waals surface area (Å²) in [6.07, 6.45) is 6.21. The molecule has 2 atom stereocenters. The Hall–Kier alpha value is -1.53. The van der Waals surface area contributed by atoms with Crippen molar-refractivity contribution in [2.45, 2.75) is 25.4 Å². The average Bonchev–Trinajstić information content (AvgIpc) is 2.54. The normalized spacial score (nSPS) is 29.0. The maximum absolute atomic E-state index is 12.6. The minimum absolute atomic E-state index is 0.0180. The molecule has 1 aromatic rings. The zero-order valence-corrected chi connectivity index (χ0v) is 12.3. The lowest BCUT2D eigenvalue weighted by Crippen LogP contribution is -2.58. The smallest absolute Gasteiger partial charge is 0.255 e. The van der Waals surface area contributed by atoms with E-state index in [9.17, 15) is 4.79 Å². The molecule has 6 heteroatoms. The van der Waals surface area contributed by atoms with Crippen LogP contribution in [-0.2, 0) is 9.47 Å². The Morgan fingerprint density at radius 3 is 3.24 bits per heavy atom. The first-order valence-corrected chi connectivity index (χ1v) is 7.42. The van der Waals surface area contributed by atoms with Gasteiger partial charge in [-0.05, 0) is 25.3 Å². The second-order valence-electron chi connectivity index (χ2n) is 5.90. The SMILES string of the molecule is COC[C@@]12CCCO[C@H]1CCN(C(=O)c1ccnnc1)C2. The van der Waals surface area contributed by atoms with E-state index in [-0.39, 0.29) is 17.4 Å². The van der Waals surface area contributed by atoms with Gasteiger partial charge in [0, 0.05) is 32.2 Å². The molecular weight excluding hydrogens is 270 g/mol. The van der Waals surface area contributed by atoms with Crippen LogP contribution in [-0.4, -0.2) is 60.5 Å². The number of fused-ring (bicyclic) bond motifs is 1. The summed E-state index contributed by atoms with van der Waals surface area (Å²) < 4.78 is 11.4. The van der Waals surface area contributed by atoms with Gasteiger partial charge in [0.1, 0.15) is 0 Å². The van der Waals surface area contributed by atoms with Gasteiger partial charge in [0.15, 0.2) is 0 Å². The number of hydrogen-bond acceptors (Lipinski definition) is 5. The topological polar surface area (TPSA) is 64.6 Å². The van der Waals surface area contributed by atoms with Crippen LogP contribution < -0.4 is 0 Å². The van der Waals surface area contributed by atoms with Gasteiger partial charge < -0.3 is 14.4 Å². The van der Waals surface area contributed by atoms with E-state index in [1.54, 1.807) is 19.4 Å². The van der Waals surface area contributed by atoms with Crippen molar-refractivity contribution in [2.24, 2.45) is 5.41 Å². The Morgan fingerprint density at radius 1 is 1.57 bits per heavy atom. The van der Waals surface area contributed by atoms with Crippen LogP contribution in [0.4, 0.5) is 0 Å². The third-order valence-electron chi connectivity index (χ3n) is 4.54. The highest BCUT2D eigenvalue weighted by molar-refractivity contribution is 5.93. The monoisotopic (exact) mass is 291 g/mol. The number of methoxy groups -OCH3 is 1. The van der Waals surface area contributed by atoms with Crippen LogP contribution in [0.3, 0.4) is 0 Å². The first-order valence-electron chi connectivity index (χ1n) is 7.42. The van der Waals surface area contributed by atoms with Gasteiger partial charge >= 0.3 is 0 Å². The Bertz CT molecular complexity index is 492. The fourth-order valence-electron chi connectivity index (χ4n) is 3.56. The minimum atomic E-state index is -0.0681. The molecule has 0 unspecified atom stereocenters. The highest BCUT2D eigenvalue weighted by atomic mass is 16.5. The summed E-state index contributed by atoms with van der Waals surface area (Å²) in [5.74, 6) is 0.0180. The summed E-state index contributed by atoms with van der Waals surface area (Å²) in [5.41, 5.74) is 0.522. The molecule has 2 aliphatic rings. The number of carbonyl (C=O) groups is 1. The molecule has 0 saturated carbocycles. The Labute approximate surface area is 124 Å². The summed E-state index contributed by atoms with van der Waals surface area (Å²) >= 11 is 0. The maximum atomic E-state index is 12.6. The minimum Gasteiger partial charge on any atom is -0.384 e. The fraction of sp³-hybridized carbons (Fsp3) is 0.667. The van der Waals surface area contributed by atoms with E-state index < -0.39 is 0 Å². The van der Waals surface area contributed by atoms with Crippen LogP contribution in [0.25, 0.3) is 0 Å². The standard InChI is InChI=1S/C15H21N3O3/c1-20-11-15-5-2-8-21-13(15)4-7-18(10-15)14(19)12-3-6-16-17-9-12/h3,6,9,13H,2,4-5,7-8,10-11H2,1H3/t13-,15-/m0/s1. The first-order chi connectivity index (χ1) is 10.2. The van der Waals surface area contributed by atoms with Gasteiger partial charge in [-0.3, -0.25) is 4.79 Å². The van der Waals surface area contributed by atoms with Gasteiger partial charge in [-0.15, -0.1) is 0 Å². The third kappa shape index (κ3) is 2.78. The van der Waals surface area contributed by atoms with Crippen molar-refractivity contribution in [3.63, 3.8) is 0 Å². The third-order valence-corrected chi connectivity index (χ3v) is 4.54. The Kier molecular flexibility index (Phi) is 4.17. The number of piperidine rings is 1. The largest absolute Gasteiger partial charge is 0.384 e. The maximum Gasteiger partial charge on any atom is 0.255 e. The lowest BCUT2D eigenvalue weighted by molar-refractivity contribution is -0.142. The van der Waals surface area contributed by atoms with Crippen molar-refractivity contribution in [3.05, 3.63) is 24.0 Å². The van der Waals surface area contributed by atoms with Crippen molar-refractivity contribution in [2.75, 3.05) is 33.4 Å². The molecule has 2 saturated heterocycles. The van der Waals surface area contributed by atoms with E-state index in [0.29, 0.717) is 18.7 Å². The number of nitrogens with zero attached hydrogens (tertiary/aromatic N) is 3. The molecule has 114 valence electrons. The summed E-state index contributed by atoms with van der Waals surface area (Å²) in [4.78, 5) is 14.5. The van der Waals surface area contributed by atoms with Gasteiger partial charge in [-0.1, -0.05) is 0 Å². The molecule has 0 spiro atoms. The molecule has 3 heterocycles. The van der Waals surface area contributed by atoms with Crippen molar-refractivity contribution < 1.29 is 14.3 Å². The molecule has 21 heavy (non-hydrogen) atoms. The predicted molar refractivity (Wildman–Crippen MR) is 75.8 cm³/mol. The number of ether oxygens (including phenoxy) is 2. The number of hydrogen-bond donors (Lipinski definition) is 0.